The molecule has 178 valence electrons. The fraction of sp³-hybridized carbons (Fsp3) is 0.480. The Bertz CT molecular complexity index is 926. The molecule has 0 unspecified atom stereocenters. The summed E-state index contributed by atoms with van der Waals surface area (Å²) in [6.07, 6.45) is 3.04. The van der Waals surface area contributed by atoms with Crippen molar-refractivity contribution >= 4 is 17.5 Å². The number of hydrogen-bond donors (Lipinski definition) is 1. The molecule has 1 aliphatic rings. The highest BCUT2D eigenvalue weighted by molar-refractivity contribution is 6.03. The monoisotopic (exact) mass is 461 g/mol. The van der Waals surface area contributed by atoms with Crippen molar-refractivity contribution in [3.8, 4) is 0 Å². The third kappa shape index (κ3) is 6.12. The Morgan fingerprint density at radius 2 is 1.64 bits per heavy atom. The van der Waals surface area contributed by atoms with Crippen LogP contribution in [0.4, 0.5) is 18.9 Å². The number of halogens is 3. The third-order valence-electron chi connectivity index (χ3n) is 6.29. The highest BCUT2D eigenvalue weighted by Gasteiger charge is 2.47. The largest absolute Gasteiger partial charge is 0.471 e. The Labute approximate surface area is 192 Å². The summed E-state index contributed by atoms with van der Waals surface area (Å²) >= 11 is 0. The molecule has 1 aromatic carbocycles. The summed E-state index contributed by atoms with van der Waals surface area (Å²) in [7, 11) is 0. The molecule has 1 saturated carbocycles. The van der Waals surface area contributed by atoms with Crippen LogP contribution in [0, 0.1) is 0 Å². The third-order valence-corrected chi connectivity index (χ3v) is 6.29. The summed E-state index contributed by atoms with van der Waals surface area (Å²) in [5, 5.41) is 2.89. The van der Waals surface area contributed by atoms with Crippen molar-refractivity contribution in [1.82, 2.24) is 10.3 Å². The Kier molecular flexibility index (Phi) is 8.10. The molecule has 1 aromatic heterocycles. The minimum Gasteiger partial charge on any atom is -0.351 e. The molecule has 0 bridgehead atoms. The van der Waals surface area contributed by atoms with E-state index in [2.05, 4.69) is 10.3 Å². The number of amides is 2. The van der Waals surface area contributed by atoms with Crippen molar-refractivity contribution in [2.24, 2.45) is 0 Å². The molecule has 2 aromatic rings. The van der Waals surface area contributed by atoms with Crippen molar-refractivity contribution in [2.75, 3.05) is 4.90 Å². The average Bonchev–Trinajstić information content (AvgIpc) is 2.82. The minimum atomic E-state index is -5.15. The molecule has 1 fully saturated rings. The SMILES string of the molecule is CC[C@@H](C)c1ccc(N(C(=O)C(F)(F)F)[C@@H](C(=O)NC2CCCCC2)c2ccncc2)cc1. The first-order valence-corrected chi connectivity index (χ1v) is 11.4. The number of nitrogens with zero attached hydrogens (tertiary/aromatic N) is 2. The Balaban J connectivity index is 2.05. The van der Waals surface area contributed by atoms with Crippen LogP contribution in [0.5, 0.6) is 0 Å². The second-order valence-electron chi connectivity index (χ2n) is 8.60. The number of carbonyl (C=O) groups excluding carboxylic acids is 2. The van der Waals surface area contributed by atoms with Crippen LogP contribution >= 0.6 is 0 Å². The predicted molar refractivity (Wildman–Crippen MR) is 121 cm³/mol. The van der Waals surface area contributed by atoms with E-state index in [9.17, 15) is 22.8 Å². The lowest BCUT2D eigenvalue weighted by molar-refractivity contribution is -0.171. The molecule has 1 N–H and O–H groups in total. The predicted octanol–water partition coefficient (Wildman–Crippen LogP) is 5.68. The van der Waals surface area contributed by atoms with E-state index in [1.165, 1.54) is 36.7 Å². The molecule has 0 radical (unpaired) electrons. The highest BCUT2D eigenvalue weighted by atomic mass is 19.4. The van der Waals surface area contributed by atoms with Gasteiger partial charge in [-0.1, -0.05) is 45.2 Å². The lowest BCUT2D eigenvalue weighted by Crippen LogP contribution is -2.50. The number of carbonyl (C=O) groups is 2. The standard InChI is InChI=1S/C25H30F3N3O2/c1-3-17(2)18-9-11-21(12-10-18)31(24(33)25(26,27)28)22(19-13-15-29-16-14-19)23(32)30-20-7-5-4-6-8-20/h9-17,20,22H,3-8H2,1-2H3,(H,30,32)/t17-,22-/m1/s1. The molecule has 0 aliphatic heterocycles. The molecule has 0 saturated heterocycles. The van der Waals surface area contributed by atoms with Gasteiger partial charge in [-0.15, -0.1) is 0 Å². The molecule has 33 heavy (non-hydrogen) atoms. The van der Waals surface area contributed by atoms with E-state index in [0.717, 1.165) is 44.1 Å². The van der Waals surface area contributed by atoms with Gasteiger partial charge in [0.05, 0.1) is 0 Å². The zero-order chi connectivity index (χ0) is 24.0. The normalized spacial score (nSPS) is 16.6. The highest BCUT2D eigenvalue weighted by Crippen LogP contribution is 2.34. The van der Waals surface area contributed by atoms with Crippen LogP contribution in [0.1, 0.15) is 75.5 Å². The maximum absolute atomic E-state index is 13.7. The number of nitrogens with one attached hydrogen (secondary N) is 1. The molecule has 8 heteroatoms. The molecule has 1 heterocycles. The smallest absolute Gasteiger partial charge is 0.351 e. The summed E-state index contributed by atoms with van der Waals surface area (Å²) in [4.78, 5) is 30.5. The lowest BCUT2D eigenvalue weighted by Gasteiger charge is -2.33. The van der Waals surface area contributed by atoms with Gasteiger partial charge in [0, 0.05) is 24.1 Å². The summed E-state index contributed by atoms with van der Waals surface area (Å²) in [5.74, 6) is -2.49. The van der Waals surface area contributed by atoms with Gasteiger partial charge in [0.2, 0.25) is 5.91 Å². The second-order valence-corrected chi connectivity index (χ2v) is 8.60. The first kappa shape index (κ1) is 24.7. The van der Waals surface area contributed by atoms with Gasteiger partial charge < -0.3 is 5.32 Å². The van der Waals surface area contributed by atoms with E-state index in [1.54, 1.807) is 12.1 Å². The molecular formula is C25H30F3N3O2. The summed E-state index contributed by atoms with van der Waals surface area (Å²) in [6.45, 7) is 4.04. The molecule has 2 amide bonds. The van der Waals surface area contributed by atoms with Gasteiger partial charge in [-0.2, -0.15) is 13.2 Å². The first-order chi connectivity index (χ1) is 15.7. The fourth-order valence-corrected chi connectivity index (χ4v) is 4.21. The average molecular weight is 462 g/mol. The molecule has 0 spiro atoms. The molecule has 5 nitrogen and oxygen atoms in total. The van der Waals surface area contributed by atoms with Gasteiger partial charge in [0.25, 0.3) is 0 Å². The number of rotatable bonds is 7. The van der Waals surface area contributed by atoms with E-state index >= 15 is 0 Å². The van der Waals surface area contributed by atoms with Crippen LogP contribution in [0.3, 0.4) is 0 Å². The number of alkyl halides is 3. The zero-order valence-corrected chi connectivity index (χ0v) is 18.9. The van der Waals surface area contributed by atoms with Crippen molar-refractivity contribution in [3.63, 3.8) is 0 Å². The number of anilines is 1. The number of pyridine rings is 1. The van der Waals surface area contributed by atoms with Crippen LogP contribution in [-0.2, 0) is 9.59 Å². The van der Waals surface area contributed by atoms with E-state index < -0.39 is 24.0 Å². The van der Waals surface area contributed by atoms with Gasteiger partial charge in [-0.3, -0.25) is 19.5 Å². The van der Waals surface area contributed by atoms with E-state index in [-0.39, 0.29) is 23.2 Å². The minimum absolute atomic E-state index is 0.0185. The lowest BCUT2D eigenvalue weighted by atomic mass is 9.94. The van der Waals surface area contributed by atoms with E-state index in [4.69, 9.17) is 0 Å². The summed E-state index contributed by atoms with van der Waals surface area (Å²) < 4.78 is 41.1. The van der Waals surface area contributed by atoms with Gasteiger partial charge in [-0.05, 0) is 60.6 Å². The van der Waals surface area contributed by atoms with Crippen molar-refractivity contribution in [2.45, 2.75) is 76.6 Å². The Morgan fingerprint density at radius 1 is 1.03 bits per heavy atom. The molecule has 1 aliphatic carbocycles. The molecule has 3 rings (SSSR count). The van der Waals surface area contributed by atoms with Crippen LogP contribution in [0.15, 0.2) is 48.8 Å². The van der Waals surface area contributed by atoms with Crippen molar-refractivity contribution in [3.05, 3.63) is 59.9 Å². The van der Waals surface area contributed by atoms with Crippen molar-refractivity contribution < 1.29 is 22.8 Å². The quantitative estimate of drug-likeness (QED) is 0.577. The number of benzene rings is 1. The fourth-order valence-electron chi connectivity index (χ4n) is 4.21. The van der Waals surface area contributed by atoms with Gasteiger partial charge in [-0.25, -0.2) is 0 Å². The maximum atomic E-state index is 13.7. The zero-order valence-electron chi connectivity index (χ0n) is 18.9. The van der Waals surface area contributed by atoms with Gasteiger partial charge in [0.1, 0.15) is 6.04 Å². The maximum Gasteiger partial charge on any atom is 0.471 e. The van der Waals surface area contributed by atoms with Gasteiger partial charge in [0.15, 0.2) is 0 Å². The Hall–Kier alpha value is -2.90. The topological polar surface area (TPSA) is 62.3 Å². The van der Waals surface area contributed by atoms with E-state index in [1.807, 2.05) is 13.8 Å². The van der Waals surface area contributed by atoms with Crippen LogP contribution in [-0.4, -0.2) is 29.0 Å². The molecular weight excluding hydrogens is 431 g/mol. The first-order valence-electron chi connectivity index (χ1n) is 11.4. The molecule has 2 atom stereocenters. The van der Waals surface area contributed by atoms with Crippen LogP contribution in [0.25, 0.3) is 0 Å². The van der Waals surface area contributed by atoms with Crippen LogP contribution < -0.4 is 10.2 Å². The number of aromatic nitrogens is 1. The van der Waals surface area contributed by atoms with Crippen molar-refractivity contribution in [1.29, 1.82) is 0 Å². The Morgan fingerprint density at radius 3 is 2.18 bits per heavy atom. The van der Waals surface area contributed by atoms with Gasteiger partial charge >= 0.3 is 12.1 Å². The summed E-state index contributed by atoms with van der Waals surface area (Å²) in [5.41, 5.74) is 1.24. The van der Waals surface area contributed by atoms with E-state index in [0.29, 0.717) is 4.90 Å². The summed E-state index contributed by atoms with van der Waals surface area (Å²) in [6, 6.07) is 7.72. The van der Waals surface area contributed by atoms with Crippen LogP contribution in [0.2, 0.25) is 0 Å². The second kappa shape index (κ2) is 10.8. The number of hydrogen-bond acceptors (Lipinski definition) is 3.